The van der Waals surface area contributed by atoms with E-state index in [-0.39, 0.29) is 11.1 Å². The monoisotopic (exact) mass is 487 g/mol. The minimum absolute atomic E-state index is 0.169. The van der Waals surface area contributed by atoms with E-state index < -0.39 is 21.6 Å². The van der Waals surface area contributed by atoms with Crippen LogP contribution in [0.1, 0.15) is 48.9 Å². The number of anilines is 1. The fourth-order valence-corrected chi connectivity index (χ4v) is 6.32. The number of sulfonamides is 1. The first kappa shape index (κ1) is 23.3. The summed E-state index contributed by atoms with van der Waals surface area (Å²) in [6.07, 6.45) is 7.85. The van der Waals surface area contributed by atoms with E-state index in [9.17, 15) is 13.2 Å². The number of fused-ring (bicyclic) bond motifs is 2. The quantitative estimate of drug-likeness (QED) is 0.622. The molecule has 2 aliphatic carbocycles. The highest BCUT2D eigenvalue weighted by molar-refractivity contribution is 7.90. The minimum atomic E-state index is -4.11. The molecule has 34 heavy (non-hydrogen) atoms. The number of likely N-dealkylation sites (tertiary alicyclic amines) is 1. The van der Waals surface area contributed by atoms with Gasteiger partial charge in [-0.2, -0.15) is 13.5 Å². The molecule has 1 aliphatic heterocycles. The fourth-order valence-electron chi connectivity index (χ4n) is 5.49. The topological polar surface area (TPSA) is 106 Å². The normalized spacial score (nSPS) is 18.4. The Labute approximate surface area is 200 Å². The Morgan fingerprint density at radius 2 is 1.79 bits per heavy atom. The summed E-state index contributed by atoms with van der Waals surface area (Å²) >= 11 is 0. The van der Waals surface area contributed by atoms with Gasteiger partial charge in [-0.3, -0.25) is 9.58 Å². The van der Waals surface area contributed by atoms with E-state index in [1.54, 1.807) is 18.0 Å². The molecule has 0 spiro atoms. The van der Waals surface area contributed by atoms with Crippen molar-refractivity contribution in [3.63, 3.8) is 0 Å². The molecule has 9 nitrogen and oxygen atoms in total. The molecule has 3 aliphatic rings. The lowest BCUT2D eigenvalue weighted by Gasteiger charge is -2.42. The fraction of sp³-hybridized carbons (Fsp3) is 0.583. The second kappa shape index (κ2) is 8.66. The molecule has 2 aromatic rings. The van der Waals surface area contributed by atoms with Crippen LogP contribution >= 0.6 is 0 Å². The first-order chi connectivity index (χ1) is 16.2. The van der Waals surface area contributed by atoms with Gasteiger partial charge in [-0.25, -0.2) is 9.52 Å². The molecule has 10 heteroatoms. The number of methoxy groups -OCH3 is 1. The summed E-state index contributed by atoms with van der Waals surface area (Å²) < 4.78 is 35.0. The number of benzene rings is 1. The number of aryl methyl sites for hydroxylation is 2. The maximum atomic E-state index is 12.9. The van der Waals surface area contributed by atoms with Gasteiger partial charge in [0.1, 0.15) is 0 Å². The van der Waals surface area contributed by atoms with Gasteiger partial charge in [0.15, 0.2) is 5.03 Å². The zero-order chi connectivity index (χ0) is 24.1. The number of hydrogen-bond acceptors (Lipinski definition) is 6. The number of amides is 2. The zero-order valence-electron chi connectivity index (χ0n) is 20.1. The highest BCUT2D eigenvalue weighted by Gasteiger charge is 2.34. The molecule has 0 atom stereocenters. The first-order valence-corrected chi connectivity index (χ1v) is 13.5. The highest BCUT2D eigenvalue weighted by atomic mass is 32.2. The van der Waals surface area contributed by atoms with Crippen LogP contribution in [0.25, 0.3) is 0 Å². The van der Waals surface area contributed by atoms with Gasteiger partial charge < -0.3 is 10.1 Å². The van der Waals surface area contributed by atoms with E-state index >= 15 is 0 Å². The van der Waals surface area contributed by atoms with Crippen LogP contribution in [0.2, 0.25) is 0 Å². The number of urea groups is 1. The van der Waals surface area contributed by atoms with Gasteiger partial charge in [-0.1, -0.05) is 6.07 Å². The molecule has 0 radical (unpaired) electrons. The standard InChI is InChI=1S/C24H33N5O4S/c1-24(2,15-28-13-18(14-28)33-3)29-11-10-21(26-29)34(31,32)27-23(30)25-22-19-8-4-6-16(19)12-17-7-5-9-20(17)22/h10-12,18H,4-9,13-15H2,1-3H3,(H2,25,27,30). The van der Waals surface area contributed by atoms with Gasteiger partial charge in [0, 0.05) is 38.6 Å². The molecule has 2 N–H and O–H groups in total. The van der Waals surface area contributed by atoms with Crippen molar-refractivity contribution >= 4 is 21.7 Å². The summed E-state index contributed by atoms with van der Waals surface area (Å²) in [7, 11) is -2.40. The average molecular weight is 488 g/mol. The van der Waals surface area contributed by atoms with Crippen LogP contribution < -0.4 is 10.0 Å². The molecule has 2 heterocycles. The van der Waals surface area contributed by atoms with Crippen LogP contribution in [0.5, 0.6) is 0 Å². The second-order valence-corrected chi connectivity index (χ2v) is 11.9. The lowest BCUT2D eigenvalue weighted by Crippen LogP contribution is -2.56. The summed E-state index contributed by atoms with van der Waals surface area (Å²) in [5.74, 6) is 0. The number of nitrogens with zero attached hydrogens (tertiary/aromatic N) is 3. The van der Waals surface area contributed by atoms with E-state index in [0.29, 0.717) is 6.54 Å². The Bertz CT molecular complexity index is 1180. The van der Waals surface area contributed by atoms with Crippen molar-refractivity contribution in [2.24, 2.45) is 0 Å². The Morgan fingerprint density at radius 3 is 2.41 bits per heavy atom. The Kier molecular flexibility index (Phi) is 5.94. The molecule has 1 aromatic carbocycles. The van der Waals surface area contributed by atoms with Gasteiger partial charge in [-0.05, 0) is 80.7 Å². The van der Waals surface area contributed by atoms with Gasteiger partial charge in [0.2, 0.25) is 0 Å². The third-order valence-electron chi connectivity index (χ3n) is 7.27. The van der Waals surface area contributed by atoms with Gasteiger partial charge in [-0.15, -0.1) is 0 Å². The van der Waals surface area contributed by atoms with Crippen molar-refractivity contribution in [2.75, 3.05) is 32.1 Å². The van der Waals surface area contributed by atoms with Crippen LogP contribution in [0.3, 0.4) is 0 Å². The van der Waals surface area contributed by atoms with Crippen molar-refractivity contribution in [3.8, 4) is 0 Å². The maximum absolute atomic E-state index is 12.9. The van der Waals surface area contributed by atoms with E-state index in [1.165, 1.54) is 17.2 Å². The number of hydrogen-bond donors (Lipinski definition) is 2. The summed E-state index contributed by atoms with van der Waals surface area (Å²) in [5.41, 5.74) is 5.25. The number of nitrogens with one attached hydrogen (secondary N) is 2. The molecule has 1 fully saturated rings. The summed E-state index contributed by atoms with van der Waals surface area (Å²) in [4.78, 5) is 15.0. The molecular formula is C24H33N5O4S. The number of carbonyl (C=O) groups is 1. The van der Waals surface area contributed by atoms with Crippen LogP contribution in [0.4, 0.5) is 10.5 Å². The van der Waals surface area contributed by atoms with Crippen LogP contribution in [0.15, 0.2) is 23.4 Å². The van der Waals surface area contributed by atoms with Gasteiger partial charge >= 0.3 is 6.03 Å². The Morgan fingerprint density at radius 1 is 1.15 bits per heavy atom. The molecule has 0 bridgehead atoms. The lowest BCUT2D eigenvalue weighted by atomic mass is 9.99. The predicted octanol–water partition coefficient (Wildman–Crippen LogP) is 2.44. The molecule has 1 saturated heterocycles. The third-order valence-corrected chi connectivity index (χ3v) is 8.49. The molecule has 2 amide bonds. The Balaban J connectivity index is 1.28. The van der Waals surface area contributed by atoms with Crippen molar-refractivity contribution < 1.29 is 17.9 Å². The van der Waals surface area contributed by atoms with Crippen LogP contribution in [-0.4, -0.2) is 62.0 Å². The van der Waals surface area contributed by atoms with E-state index in [1.807, 2.05) is 13.8 Å². The van der Waals surface area contributed by atoms with Crippen molar-refractivity contribution in [1.82, 2.24) is 19.4 Å². The maximum Gasteiger partial charge on any atom is 0.333 e. The summed E-state index contributed by atoms with van der Waals surface area (Å²) in [6, 6.07) is 2.96. The lowest BCUT2D eigenvalue weighted by molar-refractivity contribution is -0.0432. The molecule has 184 valence electrons. The van der Waals surface area contributed by atoms with Crippen LogP contribution in [-0.2, 0) is 46.0 Å². The molecule has 0 unspecified atom stereocenters. The molecule has 1 aromatic heterocycles. The highest BCUT2D eigenvalue weighted by Crippen LogP contribution is 2.38. The molecule has 5 rings (SSSR count). The largest absolute Gasteiger partial charge is 0.379 e. The third kappa shape index (κ3) is 4.34. The average Bonchev–Trinajstić information content (AvgIpc) is 3.49. The molecule has 0 saturated carbocycles. The number of carbonyl (C=O) groups excluding carboxylic acids is 1. The van der Waals surface area contributed by atoms with E-state index in [2.05, 4.69) is 26.1 Å². The summed E-state index contributed by atoms with van der Waals surface area (Å²) in [5, 5.41) is 7.01. The van der Waals surface area contributed by atoms with Gasteiger partial charge in [0.25, 0.3) is 10.0 Å². The van der Waals surface area contributed by atoms with Crippen molar-refractivity contribution in [3.05, 3.63) is 40.6 Å². The number of rotatable bonds is 7. The SMILES string of the molecule is COC1CN(CC(C)(C)n2ccc(S(=O)(=O)NC(=O)Nc3c4c(cc5c3CCC5)CCC4)n2)C1. The number of aromatic nitrogens is 2. The molecular weight excluding hydrogens is 454 g/mol. The Hall–Kier alpha value is -2.43. The first-order valence-electron chi connectivity index (χ1n) is 12.0. The van der Waals surface area contributed by atoms with E-state index in [0.717, 1.165) is 68.4 Å². The zero-order valence-corrected chi connectivity index (χ0v) is 20.9. The van der Waals surface area contributed by atoms with Crippen molar-refractivity contribution in [2.45, 2.75) is 69.0 Å². The van der Waals surface area contributed by atoms with E-state index in [4.69, 9.17) is 4.74 Å². The number of ether oxygens (including phenoxy) is 1. The van der Waals surface area contributed by atoms with Crippen LogP contribution in [0, 0.1) is 0 Å². The van der Waals surface area contributed by atoms with Crippen molar-refractivity contribution in [1.29, 1.82) is 0 Å². The van der Waals surface area contributed by atoms with Gasteiger partial charge in [0.05, 0.1) is 11.6 Å². The minimum Gasteiger partial charge on any atom is -0.379 e. The predicted molar refractivity (Wildman–Crippen MR) is 129 cm³/mol. The summed E-state index contributed by atoms with van der Waals surface area (Å²) in [6.45, 7) is 6.43. The second-order valence-electron chi connectivity index (χ2n) is 10.3. The smallest absolute Gasteiger partial charge is 0.333 e.